The van der Waals surface area contributed by atoms with E-state index in [0.717, 1.165) is 11.1 Å². The molecule has 1 rings (SSSR count). The van der Waals surface area contributed by atoms with Crippen LogP contribution in [0.1, 0.15) is 29.2 Å². The molecule has 0 aliphatic rings. The van der Waals surface area contributed by atoms with Crippen LogP contribution in [0.5, 0.6) is 0 Å². The highest BCUT2D eigenvalue weighted by Gasteiger charge is 2.11. The maximum absolute atomic E-state index is 11.4. The van der Waals surface area contributed by atoms with Crippen molar-refractivity contribution in [2.45, 2.75) is 26.8 Å². The van der Waals surface area contributed by atoms with Gasteiger partial charge in [0.05, 0.1) is 24.7 Å². The molecule has 4 nitrogen and oxygen atoms in total. The number of ether oxygens (including phenoxy) is 1. The molecule has 0 heterocycles. The van der Waals surface area contributed by atoms with Gasteiger partial charge in [-0.15, -0.1) is 0 Å². The maximum Gasteiger partial charge on any atom is 0.310 e. The minimum atomic E-state index is -0.316. The van der Waals surface area contributed by atoms with Crippen molar-refractivity contribution in [1.29, 1.82) is 5.26 Å². The number of carbonyl (C=O) groups is 1. The molecule has 0 fully saturated rings. The van der Waals surface area contributed by atoms with Crippen LogP contribution in [0.15, 0.2) is 12.1 Å². The first-order chi connectivity index (χ1) is 8.12. The number of hydrogen-bond acceptors (Lipinski definition) is 4. The molecule has 0 radical (unpaired) electrons. The van der Waals surface area contributed by atoms with E-state index in [4.69, 9.17) is 15.7 Å². The Bertz CT molecular complexity index is 461. The summed E-state index contributed by atoms with van der Waals surface area (Å²) in [5.74, 6) is -0.316. The normalized spacial score (nSPS) is 9.76. The average Bonchev–Trinajstić information content (AvgIpc) is 2.29. The zero-order valence-corrected chi connectivity index (χ0v) is 10.1. The van der Waals surface area contributed by atoms with E-state index in [1.165, 1.54) is 0 Å². The first-order valence-electron chi connectivity index (χ1n) is 5.50. The first kappa shape index (κ1) is 13.2. The Balaban J connectivity index is 3.03. The van der Waals surface area contributed by atoms with E-state index < -0.39 is 0 Å². The van der Waals surface area contributed by atoms with E-state index in [-0.39, 0.29) is 12.4 Å². The van der Waals surface area contributed by atoms with Crippen LogP contribution in [0.3, 0.4) is 0 Å². The third-order valence-electron chi connectivity index (χ3n) is 2.54. The van der Waals surface area contributed by atoms with Gasteiger partial charge in [0, 0.05) is 6.54 Å². The Morgan fingerprint density at radius 2 is 2.18 bits per heavy atom. The summed E-state index contributed by atoms with van der Waals surface area (Å²) >= 11 is 0. The van der Waals surface area contributed by atoms with Crippen molar-refractivity contribution in [3.8, 4) is 6.07 Å². The highest BCUT2D eigenvalue weighted by molar-refractivity contribution is 5.73. The first-order valence-corrected chi connectivity index (χ1v) is 5.50. The van der Waals surface area contributed by atoms with Crippen LogP contribution < -0.4 is 5.73 Å². The second-order valence-electron chi connectivity index (χ2n) is 3.73. The van der Waals surface area contributed by atoms with Gasteiger partial charge in [-0.25, -0.2) is 0 Å². The molecule has 0 saturated heterocycles. The van der Waals surface area contributed by atoms with Gasteiger partial charge >= 0.3 is 5.97 Å². The Hall–Kier alpha value is -1.86. The van der Waals surface area contributed by atoms with Gasteiger partial charge in [-0.05, 0) is 36.6 Å². The average molecular weight is 232 g/mol. The number of esters is 1. The van der Waals surface area contributed by atoms with Crippen molar-refractivity contribution in [2.75, 3.05) is 6.61 Å². The van der Waals surface area contributed by atoms with Crippen LogP contribution in [-0.4, -0.2) is 12.6 Å². The maximum atomic E-state index is 11.4. The number of aryl methyl sites for hydroxylation is 1. The molecule has 0 aliphatic carbocycles. The molecule has 0 unspecified atom stereocenters. The third kappa shape index (κ3) is 3.30. The fraction of sp³-hybridized carbons (Fsp3) is 0.385. The zero-order chi connectivity index (χ0) is 12.8. The van der Waals surface area contributed by atoms with E-state index >= 15 is 0 Å². The van der Waals surface area contributed by atoms with Crippen LogP contribution in [-0.2, 0) is 22.5 Å². The van der Waals surface area contributed by atoms with Gasteiger partial charge in [-0.3, -0.25) is 4.79 Å². The summed E-state index contributed by atoms with van der Waals surface area (Å²) in [6, 6.07) is 5.65. The molecule has 4 heteroatoms. The molecule has 2 N–H and O–H groups in total. The fourth-order valence-electron chi connectivity index (χ4n) is 1.65. The molecule has 1 aromatic rings. The Labute approximate surface area is 101 Å². The molecular formula is C13H16N2O2. The van der Waals surface area contributed by atoms with Crippen molar-refractivity contribution in [3.63, 3.8) is 0 Å². The summed E-state index contributed by atoms with van der Waals surface area (Å²) in [5.41, 5.74) is 8.67. The predicted molar refractivity (Wildman–Crippen MR) is 64.1 cm³/mol. The summed E-state index contributed by atoms with van der Waals surface area (Å²) in [7, 11) is 0. The van der Waals surface area contributed by atoms with Gasteiger partial charge in [0.25, 0.3) is 0 Å². The molecule has 0 bridgehead atoms. The number of hydrogen-bond donors (Lipinski definition) is 1. The van der Waals surface area contributed by atoms with Crippen LogP contribution in [0.4, 0.5) is 0 Å². The van der Waals surface area contributed by atoms with E-state index in [0.29, 0.717) is 24.3 Å². The summed E-state index contributed by atoms with van der Waals surface area (Å²) < 4.78 is 4.87. The highest BCUT2D eigenvalue weighted by Crippen LogP contribution is 2.17. The highest BCUT2D eigenvalue weighted by atomic mass is 16.5. The lowest BCUT2D eigenvalue weighted by molar-refractivity contribution is -0.142. The van der Waals surface area contributed by atoms with Crippen LogP contribution in [0.25, 0.3) is 0 Å². The molecule has 0 saturated carbocycles. The molecular weight excluding hydrogens is 216 g/mol. The Morgan fingerprint density at radius 1 is 1.47 bits per heavy atom. The van der Waals surface area contributed by atoms with Gasteiger partial charge in [-0.1, -0.05) is 6.07 Å². The van der Waals surface area contributed by atoms with Crippen LogP contribution in [0.2, 0.25) is 0 Å². The summed E-state index contributed by atoms with van der Waals surface area (Å²) in [6.45, 7) is 4.41. The number of nitriles is 1. The second kappa shape index (κ2) is 6.02. The van der Waals surface area contributed by atoms with Crippen molar-refractivity contribution in [3.05, 3.63) is 34.4 Å². The van der Waals surface area contributed by atoms with Gasteiger partial charge in [-0.2, -0.15) is 5.26 Å². The van der Waals surface area contributed by atoms with Crippen molar-refractivity contribution in [2.24, 2.45) is 5.73 Å². The number of benzene rings is 1. The lowest BCUT2D eigenvalue weighted by Crippen LogP contribution is -2.10. The van der Waals surface area contributed by atoms with Crippen molar-refractivity contribution >= 4 is 5.97 Å². The number of nitrogens with two attached hydrogens (primary N) is 1. The van der Waals surface area contributed by atoms with Crippen LogP contribution >= 0.6 is 0 Å². The standard InChI is InChI=1S/C13H16N2O2/c1-3-17-13(16)6-10-4-9(2)11(7-14)5-12(10)8-15/h4-5H,3,6-7,14H2,1-2H3. The quantitative estimate of drug-likeness (QED) is 0.797. The smallest absolute Gasteiger partial charge is 0.310 e. The number of rotatable bonds is 4. The zero-order valence-electron chi connectivity index (χ0n) is 10.1. The van der Waals surface area contributed by atoms with Gasteiger partial charge in [0.2, 0.25) is 0 Å². The Morgan fingerprint density at radius 3 is 2.71 bits per heavy atom. The van der Waals surface area contributed by atoms with Crippen molar-refractivity contribution < 1.29 is 9.53 Å². The molecule has 17 heavy (non-hydrogen) atoms. The van der Waals surface area contributed by atoms with Crippen LogP contribution in [0, 0.1) is 18.3 Å². The molecule has 0 aliphatic heterocycles. The number of carbonyl (C=O) groups excluding carboxylic acids is 1. The topological polar surface area (TPSA) is 76.1 Å². The fourth-order valence-corrected chi connectivity index (χ4v) is 1.65. The lowest BCUT2D eigenvalue weighted by atomic mass is 9.98. The minimum Gasteiger partial charge on any atom is -0.466 e. The summed E-state index contributed by atoms with van der Waals surface area (Å²) in [6.07, 6.45) is 0.127. The Kier molecular flexibility index (Phi) is 4.68. The van der Waals surface area contributed by atoms with Gasteiger partial charge in [0.1, 0.15) is 0 Å². The molecule has 0 spiro atoms. The molecule has 0 amide bonds. The number of nitrogens with zero attached hydrogens (tertiary/aromatic N) is 1. The lowest BCUT2D eigenvalue weighted by Gasteiger charge is -2.09. The molecule has 90 valence electrons. The predicted octanol–water partition coefficient (Wildman–Crippen LogP) is 1.43. The molecule has 0 atom stereocenters. The summed E-state index contributed by atoms with van der Waals surface area (Å²) in [5, 5.41) is 9.03. The largest absolute Gasteiger partial charge is 0.466 e. The van der Waals surface area contributed by atoms with Gasteiger partial charge < -0.3 is 10.5 Å². The SMILES string of the molecule is CCOC(=O)Cc1cc(C)c(CN)cc1C#N. The van der Waals surface area contributed by atoms with E-state index in [1.54, 1.807) is 13.0 Å². The monoisotopic (exact) mass is 232 g/mol. The van der Waals surface area contributed by atoms with Crippen molar-refractivity contribution in [1.82, 2.24) is 0 Å². The van der Waals surface area contributed by atoms with E-state index in [2.05, 4.69) is 6.07 Å². The second-order valence-corrected chi connectivity index (χ2v) is 3.73. The van der Waals surface area contributed by atoms with Gasteiger partial charge in [0.15, 0.2) is 0 Å². The third-order valence-corrected chi connectivity index (χ3v) is 2.54. The minimum absolute atomic E-state index is 0.127. The van der Waals surface area contributed by atoms with E-state index in [1.807, 2.05) is 13.0 Å². The van der Waals surface area contributed by atoms with E-state index in [9.17, 15) is 4.79 Å². The molecule has 0 aromatic heterocycles. The molecule has 1 aromatic carbocycles. The summed E-state index contributed by atoms with van der Waals surface area (Å²) in [4.78, 5) is 11.4.